The molecule has 0 aliphatic rings. The third-order valence-electron chi connectivity index (χ3n) is 4.46. The van der Waals surface area contributed by atoms with Crippen LogP contribution in [-0.4, -0.2) is 35.9 Å². The Morgan fingerprint density at radius 2 is 1.80 bits per heavy atom. The van der Waals surface area contributed by atoms with Crippen LogP contribution in [0.15, 0.2) is 48.5 Å². The van der Waals surface area contributed by atoms with Crippen molar-refractivity contribution >= 4 is 22.8 Å². The number of Topliss-reactive ketones (excluding diaryl/α,β-unsaturated/α-hetero) is 1. The second kappa shape index (κ2) is 7.07. The molecule has 3 aromatic rings. The minimum absolute atomic E-state index is 0.0622. The van der Waals surface area contributed by atoms with E-state index < -0.39 is 0 Å². The van der Waals surface area contributed by atoms with Crippen molar-refractivity contribution in [3.05, 3.63) is 59.7 Å². The first kappa shape index (κ1) is 17.2. The molecule has 0 saturated heterocycles. The Labute approximate surface area is 148 Å². The summed E-state index contributed by atoms with van der Waals surface area (Å²) in [7, 11) is 4.08. The van der Waals surface area contributed by atoms with Gasteiger partial charge in [-0.2, -0.15) is 0 Å². The molecule has 5 nitrogen and oxygen atoms in total. The third-order valence-corrected chi connectivity index (χ3v) is 4.46. The second-order valence-electron chi connectivity index (χ2n) is 6.68. The zero-order valence-electron chi connectivity index (χ0n) is 15.1. The van der Waals surface area contributed by atoms with Gasteiger partial charge in [0.25, 0.3) is 0 Å². The maximum Gasteiger partial charge on any atom is 0.356 e. The van der Waals surface area contributed by atoms with Crippen LogP contribution in [0.4, 0.5) is 5.95 Å². The Bertz CT molecular complexity index is 894. The standard InChI is InChI=1S/C20H24N4O/c1-15-8-10-16(11-9-15)19(25)14-24-18-7-5-4-6-17(18)23(20(24)21)13-12-22(2)3/h4-11,21H,12-14H2,1-3H3/p+1. The van der Waals surface area contributed by atoms with Gasteiger partial charge in [0.15, 0.2) is 5.78 Å². The second-order valence-corrected chi connectivity index (χ2v) is 6.68. The van der Waals surface area contributed by atoms with Crippen LogP contribution >= 0.6 is 0 Å². The van der Waals surface area contributed by atoms with E-state index in [-0.39, 0.29) is 12.3 Å². The summed E-state index contributed by atoms with van der Waals surface area (Å²) in [5, 5.41) is 0. The number of imidazole rings is 1. The highest BCUT2D eigenvalue weighted by atomic mass is 16.1. The molecule has 3 rings (SSSR count). The van der Waals surface area contributed by atoms with Crippen molar-refractivity contribution in [3.8, 4) is 0 Å². The Kier molecular flexibility index (Phi) is 4.86. The molecule has 0 saturated carbocycles. The lowest BCUT2D eigenvalue weighted by Gasteiger charge is -2.08. The highest BCUT2D eigenvalue weighted by Crippen LogP contribution is 2.16. The summed E-state index contributed by atoms with van der Waals surface area (Å²) in [4.78, 5) is 14.8. The van der Waals surface area contributed by atoms with E-state index in [1.54, 1.807) is 0 Å². The van der Waals surface area contributed by atoms with Gasteiger partial charge < -0.3 is 4.90 Å². The van der Waals surface area contributed by atoms with Gasteiger partial charge in [-0.3, -0.25) is 10.5 Å². The number of nitrogens with two attached hydrogens (primary N) is 1. The van der Waals surface area contributed by atoms with Gasteiger partial charge in [-0.05, 0) is 33.2 Å². The molecule has 1 aromatic heterocycles. The van der Waals surface area contributed by atoms with Gasteiger partial charge in [0.1, 0.15) is 17.6 Å². The number of aromatic nitrogens is 2. The molecule has 1 heterocycles. The zero-order chi connectivity index (χ0) is 18.0. The Balaban J connectivity index is 1.96. The summed E-state index contributed by atoms with van der Waals surface area (Å²) in [5.41, 5.74) is 10.3. The molecule has 2 aromatic carbocycles. The SMILES string of the molecule is Cc1ccc(C(=O)C[n+]2c(N)n(CCN(C)C)c3ccccc32)cc1. The maximum absolute atomic E-state index is 12.7. The minimum Gasteiger partial charge on any atom is -0.306 e. The number of fused-ring (bicyclic) bond motifs is 1. The van der Waals surface area contributed by atoms with Gasteiger partial charge in [-0.25, -0.2) is 9.13 Å². The highest BCUT2D eigenvalue weighted by Gasteiger charge is 2.22. The molecule has 0 aliphatic heterocycles. The minimum atomic E-state index is 0.0622. The van der Waals surface area contributed by atoms with Gasteiger partial charge in [-0.1, -0.05) is 42.0 Å². The summed E-state index contributed by atoms with van der Waals surface area (Å²) < 4.78 is 3.99. The summed E-state index contributed by atoms with van der Waals surface area (Å²) in [6.07, 6.45) is 0. The third kappa shape index (κ3) is 3.56. The van der Waals surface area contributed by atoms with Crippen molar-refractivity contribution in [1.29, 1.82) is 0 Å². The van der Waals surface area contributed by atoms with Crippen LogP contribution in [0, 0.1) is 6.92 Å². The number of likely N-dealkylation sites (N-methyl/N-ethyl adjacent to an activating group) is 1. The first-order chi connectivity index (χ1) is 12.0. The van der Waals surface area contributed by atoms with E-state index in [9.17, 15) is 4.79 Å². The van der Waals surface area contributed by atoms with E-state index in [2.05, 4.69) is 9.47 Å². The number of aryl methyl sites for hydroxylation is 1. The number of carbonyl (C=O) groups is 1. The fraction of sp³-hybridized carbons (Fsp3) is 0.300. The molecule has 0 spiro atoms. The molecule has 0 amide bonds. The van der Waals surface area contributed by atoms with E-state index >= 15 is 0 Å². The fourth-order valence-corrected chi connectivity index (χ4v) is 2.99. The molecule has 0 atom stereocenters. The van der Waals surface area contributed by atoms with E-state index in [0.717, 1.165) is 29.7 Å². The summed E-state index contributed by atoms with van der Waals surface area (Å²) in [6.45, 7) is 3.92. The van der Waals surface area contributed by atoms with Crippen molar-refractivity contribution in [2.45, 2.75) is 20.0 Å². The number of carbonyl (C=O) groups excluding carboxylic acids is 1. The summed E-state index contributed by atoms with van der Waals surface area (Å²) in [5.74, 6) is 0.677. The lowest BCUT2D eigenvalue weighted by molar-refractivity contribution is -0.642. The van der Waals surface area contributed by atoms with Crippen LogP contribution in [0.25, 0.3) is 11.0 Å². The average Bonchev–Trinajstić information content (AvgIpc) is 2.85. The van der Waals surface area contributed by atoms with Crippen LogP contribution < -0.4 is 10.3 Å². The van der Waals surface area contributed by atoms with Gasteiger partial charge in [0, 0.05) is 12.1 Å². The van der Waals surface area contributed by atoms with Crippen molar-refractivity contribution < 1.29 is 9.36 Å². The topological polar surface area (TPSA) is 55.1 Å². The Hall–Kier alpha value is -2.66. The van der Waals surface area contributed by atoms with Crippen molar-refractivity contribution in [3.63, 3.8) is 0 Å². The lowest BCUT2D eigenvalue weighted by atomic mass is 10.1. The molecule has 130 valence electrons. The summed E-state index contributed by atoms with van der Waals surface area (Å²) in [6, 6.07) is 15.7. The normalized spacial score (nSPS) is 11.4. The van der Waals surface area contributed by atoms with Gasteiger partial charge >= 0.3 is 5.95 Å². The van der Waals surface area contributed by atoms with Crippen LogP contribution in [0.5, 0.6) is 0 Å². The van der Waals surface area contributed by atoms with Crippen LogP contribution in [-0.2, 0) is 13.1 Å². The smallest absolute Gasteiger partial charge is 0.306 e. The Morgan fingerprint density at radius 1 is 1.12 bits per heavy atom. The lowest BCUT2D eigenvalue weighted by Crippen LogP contribution is -2.40. The van der Waals surface area contributed by atoms with Crippen molar-refractivity contribution in [1.82, 2.24) is 9.47 Å². The maximum atomic E-state index is 12.7. The largest absolute Gasteiger partial charge is 0.356 e. The molecule has 0 radical (unpaired) electrons. The number of benzene rings is 2. The molecule has 0 fully saturated rings. The zero-order valence-corrected chi connectivity index (χ0v) is 15.1. The van der Waals surface area contributed by atoms with E-state index in [1.807, 2.05) is 74.1 Å². The van der Waals surface area contributed by atoms with Crippen LogP contribution in [0.3, 0.4) is 0 Å². The monoisotopic (exact) mass is 337 g/mol. The fourth-order valence-electron chi connectivity index (χ4n) is 2.99. The van der Waals surface area contributed by atoms with Gasteiger partial charge in [0.05, 0.1) is 6.54 Å². The number of nitrogens with zero attached hydrogens (tertiary/aromatic N) is 3. The van der Waals surface area contributed by atoms with Crippen molar-refractivity contribution in [2.75, 3.05) is 26.4 Å². The molecule has 5 heteroatoms. The summed E-state index contributed by atoms with van der Waals surface area (Å²) >= 11 is 0. The van der Waals surface area contributed by atoms with Crippen LogP contribution in [0.2, 0.25) is 0 Å². The molecular weight excluding hydrogens is 312 g/mol. The molecular formula is C20H25N4O+. The predicted octanol–water partition coefficient (Wildman–Crippen LogP) is 2.26. The number of para-hydroxylation sites is 2. The van der Waals surface area contributed by atoms with Gasteiger partial charge in [-0.15, -0.1) is 0 Å². The predicted molar refractivity (Wildman–Crippen MR) is 101 cm³/mol. The quantitative estimate of drug-likeness (QED) is 0.554. The molecule has 0 bridgehead atoms. The molecule has 0 unspecified atom stereocenters. The van der Waals surface area contributed by atoms with Gasteiger partial charge in [0.2, 0.25) is 0 Å². The van der Waals surface area contributed by atoms with Crippen molar-refractivity contribution in [2.24, 2.45) is 0 Å². The average molecular weight is 337 g/mol. The number of ketones is 1. The van der Waals surface area contributed by atoms with E-state index in [1.165, 1.54) is 0 Å². The molecule has 25 heavy (non-hydrogen) atoms. The number of rotatable bonds is 6. The number of hydrogen-bond donors (Lipinski definition) is 1. The van der Waals surface area contributed by atoms with E-state index in [4.69, 9.17) is 5.73 Å². The first-order valence-corrected chi connectivity index (χ1v) is 8.48. The first-order valence-electron chi connectivity index (χ1n) is 8.48. The molecule has 2 N–H and O–H groups in total. The van der Waals surface area contributed by atoms with Crippen LogP contribution in [0.1, 0.15) is 15.9 Å². The molecule has 0 aliphatic carbocycles. The number of anilines is 1. The number of nitrogen functional groups attached to an aromatic ring is 1. The highest BCUT2D eigenvalue weighted by molar-refractivity contribution is 5.95. The number of hydrogen-bond acceptors (Lipinski definition) is 3. The Morgan fingerprint density at radius 3 is 2.48 bits per heavy atom. The van der Waals surface area contributed by atoms with E-state index in [0.29, 0.717) is 11.5 Å².